The number of carbonyl (C=O) groups excluding carboxylic acids is 1. The third kappa shape index (κ3) is 5.85. The van der Waals surface area contributed by atoms with Crippen LogP contribution in [0.2, 0.25) is 5.02 Å². The van der Waals surface area contributed by atoms with Crippen LogP contribution in [0.5, 0.6) is 11.5 Å². The number of hydrogen-bond donors (Lipinski definition) is 1. The normalized spacial score (nSPS) is 11.1. The van der Waals surface area contributed by atoms with Crippen molar-refractivity contribution in [1.82, 2.24) is 4.72 Å². The molecule has 0 bridgehead atoms. The lowest BCUT2D eigenvalue weighted by Gasteiger charge is -2.10. The van der Waals surface area contributed by atoms with E-state index in [0.717, 1.165) is 5.75 Å². The molecule has 2 aromatic rings. The molecule has 0 saturated heterocycles. The number of ether oxygens (including phenoxy) is 3. The molecular formula is C18H20ClNO6S. The number of sulfonamides is 1. The molecule has 2 aromatic carbocycles. The number of carbonyl (C=O) groups is 1. The van der Waals surface area contributed by atoms with Crippen LogP contribution in [0.3, 0.4) is 0 Å². The van der Waals surface area contributed by atoms with E-state index in [1.165, 1.54) is 25.2 Å². The second-order valence-electron chi connectivity index (χ2n) is 5.24. The van der Waals surface area contributed by atoms with Crippen molar-refractivity contribution in [2.75, 3.05) is 26.9 Å². The molecule has 0 aliphatic carbocycles. The van der Waals surface area contributed by atoms with Gasteiger partial charge in [-0.25, -0.2) is 17.9 Å². The second kappa shape index (κ2) is 9.59. The highest BCUT2D eigenvalue weighted by atomic mass is 35.5. The SMILES string of the molecule is CCOc1ccc(OCCOC(=O)c2ccc(Cl)c(S(=O)(=O)NC)c2)cc1. The maximum Gasteiger partial charge on any atom is 0.338 e. The van der Waals surface area contributed by atoms with E-state index >= 15 is 0 Å². The standard InChI is InChI=1S/C18H20ClNO6S/c1-3-24-14-5-7-15(8-6-14)25-10-11-26-18(21)13-4-9-16(19)17(12-13)27(22,23)20-2/h4-9,12,20H,3,10-11H2,1-2H3. The molecular weight excluding hydrogens is 394 g/mol. The van der Waals surface area contributed by atoms with E-state index in [-0.39, 0.29) is 28.7 Å². The zero-order chi connectivity index (χ0) is 19.9. The fraction of sp³-hybridized carbons (Fsp3) is 0.278. The maximum atomic E-state index is 12.1. The third-order valence-electron chi connectivity index (χ3n) is 3.45. The molecule has 0 spiro atoms. The van der Waals surface area contributed by atoms with Crippen molar-refractivity contribution in [3.8, 4) is 11.5 Å². The van der Waals surface area contributed by atoms with E-state index in [9.17, 15) is 13.2 Å². The Labute approximate surface area is 163 Å². The zero-order valence-electron chi connectivity index (χ0n) is 14.9. The van der Waals surface area contributed by atoms with E-state index in [1.807, 2.05) is 6.92 Å². The molecule has 0 aliphatic rings. The molecule has 0 unspecified atom stereocenters. The largest absolute Gasteiger partial charge is 0.494 e. The monoisotopic (exact) mass is 413 g/mol. The van der Waals surface area contributed by atoms with Gasteiger partial charge < -0.3 is 14.2 Å². The molecule has 9 heteroatoms. The van der Waals surface area contributed by atoms with E-state index < -0.39 is 16.0 Å². The summed E-state index contributed by atoms with van der Waals surface area (Å²) in [5.41, 5.74) is 0.0780. The second-order valence-corrected chi connectivity index (χ2v) is 7.50. The lowest BCUT2D eigenvalue weighted by Crippen LogP contribution is -2.20. The minimum absolute atomic E-state index is 0.00276. The number of benzene rings is 2. The lowest BCUT2D eigenvalue weighted by molar-refractivity contribution is 0.0450. The van der Waals surface area contributed by atoms with Gasteiger partial charge in [0.25, 0.3) is 0 Å². The van der Waals surface area contributed by atoms with Gasteiger partial charge in [0, 0.05) is 0 Å². The first-order valence-electron chi connectivity index (χ1n) is 8.13. The molecule has 0 heterocycles. The van der Waals surface area contributed by atoms with Crippen LogP contribution in [0.25, 0.3) is 0 Å². The summed E-state index contributed by atoms with van der Waals surface area (Å²) in [6, 6.07) is 11.0. The highest BCUT2D eigenvalue weighted by Crippen LogP contribution is 2.23. The molecule has 27 heavy (non-hydrogen) atoms. The Balaban J connectivity index is 1.90. The first-order valence-corrected chi connectivity index (χ1v) is 9.99. The fourth-order valence-electron chi connectivity index (χ4n) is 2.12. The summed E-state index contributed by atoms with van der Waals surface area (Å²) < 4.78 is 41.9. The first kappa shape index (κ1) is 21.0. The minimum Gasteiger partial charge on any atom is -0.494 e. The summed E-state index contributed by atoms with van der Waals surface area (Å²) in [6.45, 7) is 2.63. The lowest BCUT2D eigenvalue weighted by atomic mass is 10.2. The quantitative estimate of drug-likeness (QED) is 0.502. The van der Waals surface area contributed by atoms with Crippen molar-refractivity contribution < 1.29 is 27.4 Å². The molecule has 0 radical (unpaired) electrons. The van der Waals surface area contributed by atoms with E-state index in [4.69, 9.17) is 25.8 Å². The first-order chi connectivity index (χ1) is 12.9. The highest BCUT2D eigenvalue weighted by molar-refractivity contribution is 7.89. The van der Waals surface area contributed by atoms with Gasteiger partial charge in [-0.2, -0.15) is 0 Å². The van der Waals surface area contributed by atoms with E-state index in [1.54, 1.807) is 24.3 Å². The highest BCUT2D eigenvalue weighted by Gasteiger charge is 2.19. The average Bonchev–Trinajstić information content (AvgIpc) is 2.66. The predicted molar refractivity (Wildman–Crippen MR) is 101 cm³/mol. The summed E-state index contributed by atoms with van der Waals surface area (Å²) in [4.78, 5) is 11.9. The van der Waals surface area contributed by atoms with Crippen molar-refractivity contribution in [2.45, 2.75) is 11.8 Å². The molecule has 0 aliphatic heterocycles. The van der Waals surface area contributed by atoms with Gasteiger partial charge in [-0.15, -0.1) is 0 Å². The maximum absolute atomic E-state index is 12.1. The number of hydrogen-bond acceptors (Lipinski definition) is 6. The van der Waals surface area contributed by atoms with Gasteiger partial charge in [0.15, 0.2) is 0 Å². The van der Waals surface area contributed by atoms with Crippen molar-refractivity contribution in [2.24, 2.45) is 0 Å². The molecule has 0 saturated carbocycles. The summed E-state index contributed by atoms with van der Waals surface area (Å²) >= 11 is 5.89. The molecule has 0 amide bonds. The molecule has 0 fully saturated rings. The summed E-state index contributed by atoms with van der Waals surface area (Å²) in [7, 11) is -2.52. The van der Waals surface area contributed by atoms with Crippen molar-refractivity contribution in [3.63, 3.8) is 0 Å². The van der Waals surface area contributed by atoms with Crippen LogP contribution in [0.4, 0.5) is 0 Å². The summed E-state index contributed by atoms with van der Waals surface area (Å²) in [6.07, 6.45) is 0. The van der Waals surface area contributed by atoms with Crippen LogP contribution in [0.15, 0.2) is 47.4 Å². The summed E-state index contributed by atoms with van der Waals surface area (Å²) in [5.74, 6) is 0.684. The molecule has 1 N–H and O–H groups in total. The average molecular weight is 414 g/mol. The Hall–Kier alpha value is -2.29. The smallest absolute Gasteiger partial charge is 0.338 e. The molecule has 7 nitrogen and oxygen atoms in total. The van der Waals surface area contributed by atoms with Crippen LogP contribution >= 0.6 is 11.6 Å². The topological polar surface area (TPSA) is 90.9 Å². The summed E-state index contributed by atoms with van der Waals surface area (Å²) in [5, 5.41) is 0.0136. The van der Waals surface area contributed by atoms with Gasteiger partial charge in [0.1, 0.15) is 29.6 Å². The fourth-order valence-corrected chi connectivity index (χ4v) is 3.37. The van der Waals surface area contributed by atoms with E-state index in [0.29, 0.717) is 12.4 Å². The van der Waals surface area contributed by atoms with Crippen LogP contribution in [0.1, 0.15) is 17.3 Å². The van der Waals surface area contributed by atoms with Crippen LogP contribution < -0.4 is 14.2 Å². The third-order valence-corrected chi connectivity index (χ3v) is 5.34. The van der Waals surface area contributed by atoms with Gasteiger partial charge in [-0.1, -0.05) is 11.6 Å². The number of nitrogens with one attached hydrogen (secondary N) is 1. The van der Waals surface area contributed by atoms with Gasteiger partial charge in [0.2, 0.25) is 10.0 Å². The Kier molecular flexibility index (Phi) is 7.46. The van der Waals surface area contributed by atoms with Crippen molar-refractivity contribution in [1.29, 1.82) is 0 Å². The number of rotatable bonds is 9. The minimum atomic E-state index is -3.78. The van der Waals surface area contributed by atoms with Gasteiger partial charge in [-0.05, 0) is 56.4 Å². The van der Waals surface area contributed by atoms with Crippen LogP contribution in [-0.2, 0) is 14.8 Å². The van der Waals surface area contributed by atoms with Crippen LogP contribution in [-0.4, -0.2) is 41.3 Å². The van der Waals surface area contributed by atoms with Crippen molar-refractivity contribution in [3.05, 3.63) is 53.1 Å². The zero-order valence-corrected chi connectivity index (χ0v) is 16.5. The van der Waals surface area contributed by atoms with Crippen LogP contribution in [0, 0.1) is 0 Å². The predicted octanol–water partition coefficient (Wildman–Crippen LogP) is 2.88. The molecule has 146 valence electrons. The Bertz CT molecular complexity index is 883. The Morgan fingerprint density at radius 3 is 2.26 bits per heavy atom. The number of halogens is 1. The van der Waals surface area contributed by atoms with Crippen molar-refractivity contribution >= 4 is 27.6 Å². The van der Waals surface area contributed by atoms with Gasteiger partial charge >= 0.3 is 5.97 Å². The van der Waals surface area contributed by atoms with E-state index in [2.05, 4.69) is 4.72 Å². The number of esters is 1. The molecule has 2 rings (SSSR count). The Morgan fingerprint density at radius 1 is 1.04 bits per heavy atom. The molecule has 0 aromatic heterocycles. The Morgan fingerprint density at radius 2 is 1.67 bits per heavy atom. The van der Waals surface area contributed by atoms with Gasteiger partial charge in [0.05, 0.1) is 17.2 Å². The molecule has 0 atom stereocenters. The van der Waals surface area contributed by atoms with Gasteiger partial charge in [-0.3, -0.25) is 0 Å².